The molecule has 1 aliphatic carbocycles. The first kappa shape index (κ1) is 14.5. The van der Waals surface area contributed by atoms with Crippen molar-refractivity contribution in [2.24, 2.45) is 11.8 Å². The van der Waals surface area contributed by atoms with E-state index in [2.05, 4.69) is 6.92 Å². The smallest absolute Gasteiger partial charge is 0.308 e. The molecule has 1 saturated carbocycles. The molecule has 0 aromatic carbocycles. The third-order valence-corrected chi connectivity index (χ3v) is 4.10. The van der Waals surface area contributed by atoms with Crippen molar-refractivity contribution < 1.29 is 9.53 Å². The standard InChI is InChI=1S/C15H28O2/c1-3-4-5-6-7-8-13-9-11-14(12-10-13)15(16)17-2/h13-14H,3-12H2,1-2H3/t13-,14-. The largest absolute Gasteiger partial charge is 0.469 e. The number of ether oxygens (including phenoxy) is 1. The highest BCUT2D eigenvalue weighted by Gasteiger charge is 2.26. The molecule has 1 rings (SSSR count). The number of methoxy groups -OCH3 is 1. The van der Waals surface area contributed by atoms with Crippen molar-refractivity contribution in [1.29, 1.82) is 0 Å². The molecule has 0 aliphatic heterocycles. The molecule has 0 aromatic heterocycles. The van der Waals surface area contributed by atoms with E-state index in [1.165, 1.54) is 58.5 Å². The van der Waals surface area contributed by atoms with Crippen LogP contribution in [0.1, 0.15) is 71.1 Å². The van der Waals surface area contributed by atoms with Crippen LogP contribution in [0, 0.1) is 11.8 Å². The van der Waals surface area contributed by atoms with Crippen LogP contribution in [0.3, 0.4) is 0 Å². The Bertz CT molecular complexity index is 205. The van der Waals surface area contributed by atoms with Gasteiger partial charge < -0.3 is 4.74 Å². The quantitative estimate of drug-likeness (QED) is 0.489. The molecule has 0 unspecified atom stereocenters. The van der Waals surface area contributed by atoms with Crippen LogP contribution < -0.4 is 0 Å². The number of unbranched alkanes of at least 4 members (excludes halogenated alkanes) is 4. The lowest BCUT2D eigenvalue weighted by molar-refractivity contribution is -0.146. The molecule has 0 amide bonds. The summed E-state index contributed by atoms with van der Waals surface area (Å²) < 4.78 is 4.81. The molecule has 0 atom stereocenters. The molecular formula is C15H28O2. The second-order valence-corrected chi connectivity index (χ2v) is 5.44. The van der Waals surface area contributed by atoms with Crippen LogP contribution in [-0.4, -0.2) is 13.1 Å². The highest BCUT2D eigenvalue weighted by atomic mass is 16.5. The van der Waals surface area contributed by atoms with Gasteiger partial charge in [0.1, 0.15) is 0 Å². The first-order chi connectivity index (χ1) is 8.27. The van der Waals surface area contributed by atoms with Gasteiger partial charge in [0.2, 0.25) is 0 Å². The molecule has 1 aliphatic rings. The van der Waals surface area contributed by atoms with Gasteiger partial charge in [-0.3, -0.25) is 4.79 Å². The van der Waals surface area contributed by atoms with E-state index in [9.17, 15) is 4.79 Å². The van der Waals surface area contributed by atoms with Crippen molar-refractivity contribution >= 4 is 5.97 Å². The first-order valence-corrected chi connectivity index (χ1v) is 7.35. The second-order valence-electron chi connectivity index (χ2n) is 5.44. The third kappa shape index (κ3) is 5.56. The van der Waals surface area contributed by atoms with Crippen molar-refractivity contribution in [1.82, 2.24) is 0 Å². The van der Waals surface area contributed by atoms with Crippen molar-refractivity contribution in [3.8, 4) is 0 Å². The SMILES string of the molecule is CCCCCCC[C@H]1CC[C@H](C(=O)OC)CC1. The fourth-order valence-electron chi connectivity index (χ4n) is 2.89. The van der Waals surface area contributed by atoms with Crippen LogP contribution in [0.4, 0.5) is 0 Å². The summed E-state index contributed by atoms with van der Waals surface area (Å²) in [5.41, 5.74) is 0. The van der Waals surface area contributed by atoms with Crippen LogP contribution in [0.15, 0.2) is 0 Å². The number of hydrogen-bond donors (Lipinski definition) is 0. The molecular weight excluding hydrogens is 212 g/mol. The Morgan fingerprint density at radius 2 is 1.71 bits per heavy atom. The minimum atomic E-state index is 0.00592. The van der Waals surface area contributed by atoms with Gasteiger partial charge in [0, 0.05) is 0 Å². The summed E-state index contributed by atoms with van der Waals surface area (Å²) in [6.45, 7) is 2.26. The molecule has 0 N–H and O–H groups in total. The van der Waals surface area contributed by atoms with Gasteiger partial charge in [0.15, 0.2) is 0 Å². The molecule has 0 saturated heterocycles. The van der Waals surface area contributed by atoms with E-state index in [1.807, 2.05) is 0 Å². The van der Waals surface area contributed by atoms with Crippen LogP contribution in [-0.2, 0) is 9.53 Å². The lowest BCUT2D eigenvalue weighted by atomic mass is 9.80. The summed E-state index contributed by atoms with van der Waals surface area (Å²) in [7, 11) is 1.50. The monoisotopic (exact) mass is 240 g/mol. The number of rotatable bonds is 7. The lowest BCUT2D eigenvalue weighted by Gasteiger charge is -2.26. The molecule has 1 fully saturated rings. The van der Waals surface area contributed by atoms with Gasteiger partial charge in [-0.1, -0.05) is 45.4 Å². The Morgan fingerprint density at radius 3 is 2.29 bits per heavy atom. The van der Waals surface area contributed by atoms with Gasteiger partial charge in [-0.05, 0) is 31.6 Å². The lowest BCUT2D eigenvalue weighted by Crippen LogP contribution is -2.22. The summed E-state index contributed by atoms with van der Waals surface area (Å²) in [5.74, 6) is 1.07. The Labute approximate surface area is 106 Å². The zero-order chi connectivity index (χ0) is 12.5. The highest BCUT2D eigenvalue weighted by molar-refractivity contribution is 5.72. The Morgan fingerprint density at radius 1 is 1.06 bits per heavy atom. The topological polar surface area (TPSA) is 26.3 Å². The van der Waals surface area contributed by atoms with Crippen molar-refractivity contribution in [3.63, 3.8) is 0 Å². The predicted molar refractivity (Wildman–Crippen MR) is 70.8 cm³/mol. The molecule has 2 heteroatoms. The van der Waals surface area contributed by atoms with Crippen LogP contribution in [0.5, 0.6) is 0 Å². The molecule has 0 spiro atoms. The molecule has 2 nitrogen and oxygen atoms in total. The van der Waals surface area contributed by atoms with Crippen LogP contribution >= 0.6 is 0 Å². The molecule has 0 heterocycles. The average Bonchev–Trinajstić information content (AvgIpc) is 2.38. The fourth-order valence-corrected chi connectivity index (χ4v) is 2.89. The van der Waals surface area contributed by atoms with E-state index in [0.29, 0.717) is 0 Å². The van der Waals surface area contributed by atoms with Crippen LogP contribution in [0.2, 0.25) is 0 Å². The Kier molecular flexibility index (Phi) is 7.30. The van der Waals surface area contributed by atoms with Gasteiger partial charge in [-0.25, -0.2) is 0 Å². The molecule has 100 valence electrons. The average molecular weight is 240 g/mol. The minimum Gasteiger partial charge on any atom is -0.469 e. The van der Waals surface area contributed by atoms with Gasteiger partial charge in [-0.15, -0.1) is 0 Å². The van der Waals surface area contributed by atoms with Gasteiger partial charge in [0.25, 0.3) is 0 Å². The van der Waals surface area contributed by atoms with Gasteiger partial charge >= 0.3 is 5.97 Å². The van der Waals surface area contributed by atoms with Crippen molar-refractivity contribution in [2.45, 2.75) is 71.1 Å². The summed E-state index contributed by atoms with van der Waals surface area (Å²) in [4.78, 5) is 11.4. The van der Waals surface area contributed by atoms with E-state index in [1.54, 1.807) is 0 Å². The molecule has 17 heavy (non-hydrogen) atoms. The maximum Gasteiger partial charge on any atom is 0.308 e. The highest BCUT2D eigenvalue weighted by Crippen LogP contribution is 2.32. The number of carbonyl (C=O) groups excluding carboxylic acids is 1. The molecule has 0 bridgehead atoms. The maximum atomic E-state index is 11.4. The predicted octanol–water partition coefficient (Wildman–Crippen LogP) is 4.33. The summed E-state index contributed by atoms with van der Waals surface area (Å²) in [6.07, 6.45) is 12.8. The zero-order valence-electron chi connectivity index (χ0n) is 11.5. The van der Waals surface area contributed by atoms with Crippen molar-refractivity contribution in [2.75, 3.05) is 7.11 Å². The van der Waals surface area contributed by atoms with E-state index in [-0.39, 0.29) is 11.9 Å². The van der Waals surface area contributed by atoms with Crippen LogP contribution in [0.25, 0.3) is 0 Å². The molecule has 0 radical (unpaired) electrons. The summed E-state index contributed by atoms with van der Waals surface area (Å²) in [6, 6.07) is 0. The normalized spacial score (nSPS) is 24.6. The fraction of sp³-hybridized carbons (Fsp3) is 0.933. The Balaban J connectivity index is 2.05. The van der Waals surface area contributed by atoms with Gasteiger partial charge in [0.05, 0.1) is 13.0 Å². The van der Waals surface area contributed by atoms with E-state index in [0.717, 1.165) is 18.8 Å². The number of hydrogen-bond acceptors (Lipinski definition) is 2. The van der Waals surface area contributed by atoms with Gasteiger partial charge in [-0.2, -0.15) is 0 Å². The summed E-state index contributed by atoms with van der Waals surface area (Å²) in [5, 5.41) is 0. The first-order valence-electron chi connectivity index (χ1n) is 7.35. The number of esters is 1. The second kappa shape index (κ2) is 8.54. The zero-order valence-corrected chi connectivity index (χ0v) is 11.5. The minimum absolute atomic E-state index is 0.00592. The summed E-state index contributed by atoms with van der Waals surface area (Å²) >= 11 is 0. The van der Waals surface area contributed by atoms with E-state index in [4.69, 9.17) is 4.74 Å². The maximum absolute atomic E-state index is 11.4. The van der Waals surface area contributed by atoms with Crippen molar-refractivity contribution in [3.05, 3.63) is 0 Å². The third-order valence-electron chi connectivity index (χ3n) is 4.10. The number of carbonyl (C=O) groups is 1. The van der Waals surface area contributed by atoms with E-state index >= 15 is 0 Å². The Hall–Kier alpha value is -0.530. The van der Waals surface area contributed by atoms with E-state index < -0.39 is 0 Å². The molecule has 0 aromatic rings.